The molecule has 0 radical (unpaired) electrons. The smallest absolute Gasteiger partial charge is 0.282 e. The summed E-state index contributed by atoms with van der Waals surface area (Å²) >= 11 is 0. The van der Waals surface area contributed by atoms with Crippen molar-refractivity contribution in [3.05, 3.63) is 103 Å². The van der Waals surface area contributed by atoms with E-state index in [-0.39, 0.29) is 0 Å². The first-order valence-electron chi connectivity index (χ1n) is 14.3. The predicted molar refractivity (Wildman–Crippen MR) is 164 cm³/mol. The van der Waals surface area contributed by atoms with Crippen LogP contribution in [0.1, 0.15) is 16.1 Å². The van der Waals surface area contributed by atoms with Crippen LogP contribution in [0, 0.1) is 0 Å². The van der Waals surface area contributed by atoms with Crippen molar-refractivity contribution in [2.45, 2.75) is 12.5 Å². The summed E-state index contributed by atoms with van der Waals surface area (Å²) in [5, 5.41) is 11.7. The molecule has 0 bridgehead atoms. The van der Waals surface area contributed by atoms with Crippen LogP contribution < -0.4 is 14.7 Å². The minimum absolute atomic E-state index is 0.360. The average Bonchev–Trinajstić information content (AvgIpc) is 3.64. The number of hydrogen-bond acceptors (Lipinski definition) is 6. The maximum Gasteiger partial charge on any atom is 0.282 e. The second-order valence-electron chi connectivity index (χ2n) is 11.0. The maximum absolute atomic E-state index is 13.3. The van der Waals surface area contributed by atoms with E-state index < -0.39 is 24.9 Å². The lowest BCUT2D eigenvalue weighted by atomic mass is 10.1. The van der Waals surface area contributed by atoms with Crippen LogP contribution in [0.2, 0.25) is 0 Å². The number of ether oxygens (including phenoxy) is 1. The Bertz CT molecular complexity index is 2010. The Morgan fingerprint density at radius 2 is 1.78 bits per heavy atom. The molecule has 1 amide bonds. The van der Waals surface area contributed by atoms with Gasteiger partial charge in [0, 0.05) is 46.1 Å². The van der Waals surface area contributed by atoms with Crippen LogP contribution in [-0.2, 0) is 13.6 Å². The Hall–Kier alpha value is -5.65. The number of aryl methyl sites for hydroxylation is 1. The number of aromatic amines is 1. The molecule has 12 heteroatoms. The van der Waals surface area contributed by atoms with Gasteiger partial charge in [0.05, 0.1) is 20.2 Å². The summed E-state index contributed by atoms with van der Waals surface area (Å²) in [5.74, 6) is -1.28. The lowest BCUT2D eigenvalue weighted by Gasteiger charge is -2.38. The summed E-state index contributed by atoms with van der Waals surface area (Å²) in [6, 6.07) is 25.0. The monoisotopic (exact) mass is 607 g/mol. The number of nitrogens with one attached hydrogen (secondary N) is 2. The molecule has 1 fully saturated rings. The van der Waals surface area contributed by atoms with Crippen molar-refractivity contribution >= 4 is 28.3 Å². The molecule has 226 valence electrons. The zero-order chi connectivity index (χ0) is 31.1. The number of methoxy groups -OCH3 is 1. The zero-order valence-corrected chi connectivity index (χ0v) is 24.5. The van der Waals surface area contributed by atoms with Crippen molar-refractivity contribution in [1.29, 1.82) is 0 Å². The summed E-state index contributed by atoms with van der Waals surface area (Å²) in [7, 11) is 3.40. The van der Waals surface area contributed by atoms with Crippen molar-refractivity contribution in [1.82, 2.24) is 29.7 Å². The summed E-state index contributed by atoms with van der Waals surface area (Å²) in [6.07, 6.45) is 3.65. The van der Waals surface area contributed by atoms with E-state index >= 15 is 0 Å². The van der Waals surface area contributed by atoms with Crippen LogP contribution >= 0.6 is 0 Å². The summed E-state index contributed by atoms with van der Waals surface area (Å²) in [4.78, 5) is 23.1. The van der Waals surface area contributed by atoms with Gasteiger partial charge in [-0.3, -0.25) is 4.79 Å². The number of rotatable bonds is 8. The van der Waals surface area contributed by atoms with E-state index in [1.807, 2.05) is 77.6 Å². The predicted octanol–water partition coefficient (Wildman–Crippen LogP) is 5.20. The van der Waals surface area contributed by atoms with Gasteiger partial charge in [0.1, 0.15) is 23.8 Å². The Kier molecular flexibility index (Phi) is 6.96. The molecule has 0 saturated carbocycles. The van der Waals surface area contributed by atoms with Gasteiger partial charge in [0.15, 0.2) is 12.0 Å². The molecule has 2 N–H and O–H groups in total. The van der Waals surface area contributed by atoms with Crippen LogP contribution in [0.15, 0.2) is 91.3 Å². The van der Waals surface area contributed by atoms with Crippen molar-refractivity contribution in [2.24, 2.45) is 7.05 Å². The van der Waals surface area contributed by atoms with Gasteiger partial charge in [-0.1, -0.05) is 29.5 Å². The molecule has 0 unspecified atom stereocenters. The lowest BCUT2D eigenvalue weighted by molar-refractivity contribution is -0.745. The number of carbonyl (C=O) groups is 1. The van der Waals surface area contributed by atoms with Gasteiger partial charge in [-0.15, -0.1) is 0 Å². The number of nitrogens with zero attached hydrogens (tertiary/aromatic N) is 6. The fourth-order valence-corrected chi connectivity index (χ4v) is 5.40. The van der Waals surface area contributed by atoms with E-state index in [0.717, 1.165) is 49.6 Å². The second-order valence-corrected chi connectivity index (χ2v) is 11.0. The van der Waals surface area contributed by atoms with Gasteiger partial charge in [-0.25, -0.2) is 18.7 Å². The zero-order valence-electron chi connectivity index (χ0n) is 24.5. The maximum atomic E-state index is 13.3. The van der Waals surface area contributed by atoms with Gasteiger partial charge in [0.2, 0.25) is 5.69 Å². The normalized spacial score (nSPS) is 13.9. The third-order valence-electron chi connectivity index (χ3n) is 7.85. The number of halogens is 2. The largest absolute Gasteiger partial charge is 0.497 e. The van der Waals surface area contributed by atoms with E-state index in [4.69, 9.17) is 9.72 Å². The SMILES string of the molecule is COc1ccc(C[n+]2cc(-c3ccc(Nc4ccnc(-c5ccc6cc(C(=O)N7CC(F)(F)C7)n(C)c6c5)n4)cc3)n[nH]2)cc1. The molecule has 1 aliphatic rings. The highest BCUT2D eigenvalue weighted by Gasteiger charge is 2.46. The van der Waals surface area contributed by atoms with Crippen molar-refractivity contribution in [3.63, 3.8) is 0 Å². The number of benzene rings is 3. The molecule has 0 aliphatic carbocycles. The first kappa shape index (κ1) is 28.1. The molecule has 3 aromatic carbocycles. The summed E-state index contributed by atoms with van der Waals surface area (Å²) < 4.78 is 35.5. The van der Waals surface area contributed by atoms with Gasteiger partial charge in [0.25, 0.3) is 11.8 Å². The average molecular weight is 608 g/mol. The quantitative estimate of drug-likeness (QED) is 0.231. The fraction of sp³-hybridized carbons (Fsp3) is 0.182. The molecule has 45 heavy (non-hydrogen) atoms. The first-order valence-corrected chi connectivity index (χ1v) is 14.3. The number of anilines is 2. The molecule has 4 heterocycles. The van der Waals surface area contributed by atoms with Gasteiger partial charge in [-0.05, 0) is 60.2 Å². The molecule has 1 saturated heterocycles. The third kappa shape index (κ3) is 5.69. The van der Waals surface area contributed by atoms with E-state index in [0.29, 0.717) is 23.9 Å². The number of carbonyl (C=O) groups excluding carboxylic acids is 1. The highest BCUT2D eigenvalue weighted by Crippen LogP contribution is 2.31. The highest BCUT2D eigenvalue weighted by atomic mass is 19.3. The molecular weight excluding hydrogens is 578 g/mol. The van der Waals surface area contributed by atoms with Crippen molar-refractivity contribution < 1.29 is 23.0 Å². The number of aromatic nitrogens is 6. The molecule has 3 aromatic heterocycles. The molecule has 10 nitrogen and oxygen atoms in total. The summed E-state index contributed by atoms with van der Waals surface area (Å²) in [5.41, 5.74) is 5.67. The highest BCUT2D eigenvalue weighted by molar-refractivity contribution is 6.00. The number of amides is 1. The van der Waals surface area contributed by atoms with Crippen molar-refractivity contribution in [3.8, 4) is 28.4 Å². The third-order valence-corrected chi connectivity index (χ3v) is 7.85. The van der Waals surface area contributed by atoms with Crippen LogP contribution in [-0.4, -0.2) is 61.8 Å². The van der Waals surface area contributed by atoms with Crippen LogP contribution in [0.4, 0.5) is 20.3 Å². The second kappa shape index (κ2) is 11.1. The number of fused-ring (bicyclic) bond motifs is 1. The number of likely N-dealkylation sites (tertiary alicyclic amines) is 1. The minimum atomic E-state index is -2.81. The van der Waals surface area contributed by atoms with Crippen LogP contribution in [0.3, 0.4) is 0 Å². The molecule has 1 aliphatic heterocycles. The van der Waals surface area contributed by atoms with Crippen LogP contribution in [0.5, 0.6) is 5.75 Å². The van der Waals surface area contributed by atoms with Crippen LogP contribution in [0.25, 0.3) is 33.5 Å². The minimum Gasteiger partial charge on any atom is -0.497 e. The molecule has 0 atom stereocenters. The molecule has 7 rings (SSSR count). The Morgan fingerprint density at radius 3 is 2.51 bits per heavy atom. The Labute approximate surface area is 256 Å². The van der Waals surface area contributed by atoms with E-state index in [1.165, 1.54) is 0 Å². The fourth-order valence-electron chi connectivity index (χ4n) is 5.40. The number of hydrogen-bond donors (Lipinski definition) is 2. The van der Waals surface area contributed by atoms with Gasteiger partial charge < -0.3 is 19.5 Å². The van der Waals surface area contributed by atoms with Crippen molar-refractivity contribution in [2.75, 3.05) is 25.5 Å². The molecule has 6 aromatic rings. The summed E-state index contributed by atoms with van der Waals surface area (Å²) in [6.45, 7) is -0.449. The van der Waals surface area contributed by atoms with Gasteiger partial charge in [-0.2, -0.15) is 4.68 Å². The number of H-pyrrole nitrogens is 1. The number of alkyl halides is 2. The lowest BCUT2D eigenvalue weighted by Crippen LogP contribution is -2.58. The molecular formula is C33H29F2N8O2+. The van der Waals surface area contributed by atoms with E-state index in [2.05, 4.69) is 20.6 Å². The van der Waals surface area contributed by atoms with Gasteiger partial charge >= 0.3 is 0 Å². The molecule has 0 spiro atoms. The standard InChI is InChI=1S/C33H28F2N8O2/c1-41-28-16-24(6-5-23(28)15-29(41)32(44)42-19-33(34,35)20-42)31-36-14-13-30(38-31)37-25-9-7-22(8-10-25)27-18-43(40-39-27)17-21-3-11-26(45-2)12-4-21/h3-16,18H,17,19-20H2,1-2H3,(H,36,37,38)/p+1. The first-order chi connectivity index (χ1) is 21.7. The topological polar surface area (TPSA) is 105 Å². The Morgan fingerprint density at radius 1 is 1.02 bits per heavy atom. The van der Waals surface area contributed by atoms with E-state index in [9.17, 15) is 13.6 Å². The van der Waals surface area contributed by atoms with E-state index in [1.54, 1.807) is 37.1 Å². The Balaban J connectivity index is 1.04.